The Hall–Kier alpha value is -3.15. The van der Waals surface area contributed by atoms with Gasteiger partial charge in [-0.05, 0) is 43.4 Å². The molecule has 2 amide bonds. The number of H-pyrrole nitrogens is 1. The molecule has 2 fully saturated rings. The molecule has 2 aliphatic heterocycles. The summed E-state index contributed by atoms with van der Waals surface area (Å²) in [5, 5.41) is 0. The first-order valence-corrected chi connectivity index (χ1v) is 11.3. The van der Waals surface area contributed by atoms with Crippen molar-refractivity contribution < 1.29 is 9.59 Å². The van der Waals surface area contributed by atoms with Gasteiger partial charge in [0.05, 0.1) is 23.5 Å². The molecule has 2 aromatic carbocycles. The third-order valence-electron chi connectivity index (χ3n) is 6.65. The molecule has 3 aromatic rings. The van der Waals surface area contributed by atoms with Crippen LogP contribution in [0.2, 0.25) is 0 Å². The lowest BCUT2D eigenvalue weighted by Gasteiger charge is -2.34. The smallest absolute Gasteiger partial charge is 0.226 e. The van der Waals surface area contributed by atoms with Crippen LogP contribution in [0.3, 0.4) is 0 Å². The number of fused-ring (bicyclic) bond motifs is 1. The molecule has 0 bridgehead atoms. The van der Waals surface area contributed by atoms with Crippen molar-refractivity contribution in [1.82, 2.24) is 19.8 Å². The van der Waals surface area contributed by atoms with Gasteiger partial charge in [0.1, 0.15) is 5.82 Å². The van der Waals surface area contributed by atoms with Crippen LogP contribution in [-0.2, 0) is 16.0 Å². The van der Waals surface area contributed by atoms with E-state index in [9.17, 15) is 9.59 Å². The van der Waals surface area contributed by atoms with Gasteiger partial charge in [-0.1, -0.05) is 42.5 Å². The number of hydrogen-bond donors (Lipinski definition) is 1. The maximum atomic E-state index is 13.3. The fourth-order valence-electron chi connectivity index (χ4n) is 4.94. The highest BCUT2D eigenvalue weighted by atomic mass is 16.2. The Labute approximate surface area is 182 Å². The van der Waals surface area contributed by atoms with Gasteiger partial charge in [0.25, 0.3) is 0 Å². The highest BCUT2D eigenvalue weighted by Gasteiger charge is 2.37. The Morgan fingerprint density at radius 3 is 2.45 bits per heavy atom. The van der Waals surface area contributed by atoms with Crippen LogP contribution in [0.4, 0.5) is 0 Å². The summed E-state index contributed by atoms with van der Waals surface area (Å²) in [6.45, 7) is 2.10. The third kappa shape index (κ3) is 4.07. The van der Waals surface area contributed by atoms with Gasteiger partial charge < -0.3 is 14.8 Å². The Morgan fingerprint density at radius 2 is 1.68 bits per heavy atom. The van der Waals surface area contributed by atoms with Gasteiger partial charge in [0.15, 0.2) is 0 Å². The monoisotopic (exact) mass is 416 g/mol. The zero-order valence-electron chi connectivity index (χ0n) is 17.7. The maximum Gasteiger partial charge on any atom is 0.226 e. The van der Waals surface area contributed by atoms with Gasteiger partial charge in [-0.15, -0.1) is 0 Å². The van der Waals surface area contributed by atoms with Crippen molar-refractivity contribution in [1.29, 1.82) is 0 Å². The van der Waals surface area contributed by atoms with Crippen molar-refractivity contribution in [2.45, 2.75) is 38.1 Å². The molecule has 1 aromatic heterocycles. The number of benzene rings is 2. The molecule has 2 aliphatic rings. The second-order valence-electron chi connectivity index (χ2n) is 8.65. The van der Waals surface area contributed by atoms with Gasteiger partial charge in [0.2, 0.25) is 11.8 Å². The number of carbonyl (C=O) groups excluding carboxylic acids is 2. The first kappa shape index (κ1) is 19.8. The lowest BCUT2D eigenvalue weighted by Crippen LogP contribution is -2.44. The molecule has 2 saturated heterocycles. The molecular formula is C25H28N4O2. The quantitative estimate of drug-likeness (QED) is 0.705. The maximum absolute atomic E-state index is 13.3. The minimum absolute atomic E-state index is 0.00856. The average Bonchev–Trinajstić information content (AvgIpc) is 3.46. The Bertz CT molecular complexity index is 1040. The highest BCUT2D eigenvalue weighted by molar-refractivity contribution is 5.82. The SMILES string of the molecule is O=C(Cc1ccccc1)N1CCC(C(=O)N2CCC[C@@H]2c2nc3ccccc3[nH]2)CC1. The van der Waals surface area contributed by atoms with Gasteiger partial charge in [0, 0.05) is 25.6 Å². The molecule has 0 radical (unpaired) electrons. The van der Waals surface area contributed by atoms with Crippen molar-refractivity contribution in [2.75, 3.05) is 19.6 Å². The summed E-state index contributed by atoms with van der Waals surface area (Å²) in [5.41, 5.74) is 3.00. The summed E-state index contributed by atoms with van der Waals surface area (Å²) >= 11 is 0. The van der Waals surface area contributed by atoms with Crippen LogP contribution in [0.1, 0.15) is 43.1 Å². The van der Waals surface area contributed by atoms with Crippen LogP contribution >= 0.6 is 0 Å². The molecule has 5 rings (SSSR count). The molecule has 0 saturated carbocycles. The lowest BCUT2D eigenvalue weighted by molar-refractivity contribution is -0.141. The van der Waals surface area contributed by atoms with E-state index in [1.54, 1.807) is 0 Å². The van der Waals surface area contributed by atoms with Crippen LogP contribution in [0.25, 0.3) is 11.0 Å². The van der Waals surface area contributed by atoms with E-state index in [-0.39, 0.29) is 23.8 Å². The number of rotatable bonds is 4. The van der Waals surface area contributed by atoms with Gasteiger partial charge in [-0.3, -0.25) is 9.59 Å². The first-order valence-electron chi connectivity index (χ1n) is 11.3. The van der Waals surface area contributed by atoms with Crippen LogP contribution in [-0.4, -0.2) is 51.2 Å². The predicted molar refractivity (Wildman–Crippen MR) is 119 cm³/mol. The molecule has 31 heavy (non-hydrogen) atoms. The number of nitrogens with zero attached hydrogens (tertiary/aromatic N) is 3. The standard InChI is InChI=1S/C25H28N4O2/c30-23(17-18-7-2-1-3-8-18)28-15-12-19(13-16-28)25(31)29-14-6-11-22(29)24-26-20-9-4-5-10-21(20)27-24/h1-5,7-10,19,22H,6,11-17H2,(H,26,27)/t22-/m1/s1. The summed E-state index contributed by atoms with van der Waals surface area (Å²) in [6, 6.07) is 17.9. The minimum atomic E-state index is -0.00856. The molecule has 0 spiro atoms. The van der Waals surface area contributed by atoms with Crippen LogP contribution in [0, 0.1) is 5.92 Å². The number of carbonyl (C=O) groups is 2. The normalized spacial score (nSPS) is 19.8. The number of imidazole rings is 1. The van der Waals surface area contributed by atoms with Crippen molar-refractivity contribution >= 4 is 22.8 Å². The average molecular weight is 417 g/mol. The minimum Gasteiger partial charge on any atom is -0.342 e. The number of aromatic nitrogens is 2. The third-order valence-corrected chi connectivity index (χ3v) is 6.65. The second-order valence-corrected chi connectivity index (χ2v) is 8.65. The number of hydrogen-bond acceptors (Lipinski definition) is 3. The van der Waals surface area contributed by atoms with E-state index in [4.69, 9.17) is 4.98 Å². The fraction of sp³-hybridized carbons (Fsp3) is 0.400. The first-order chi connectivity index (χ1) is 15.2. The molecule has 0 aliphatic carbocycles. The van der Waals surface area contributed by atoms with Crippen LogP contribution in [0.15, 0.2) is 54.6 Å². The van der Waals surface area contributed by atoms with Crippen molar-refractivity contribution in [3.8, 4) is 0 Å². The Morgan fingerprint density at radius 1 is 0.935 bits per heavy atom. The molecule has 1 atom stereocenters. The number of nitrogens with one attached hydrogen (secondary N) is 1. The largest absolute Gasteiger partial charge is 0.342 e. The van der Waals surface area contributed by atoms with Gasteiger partial charge >= 0.3 is 0 Å². The lowest BCUT2D eigenvalue weighted by atomic mass is 9.94. The summed E-state index contributed by atoms with van der Waals surface area (Å²) in [6.07, 6.45) is 3.85. The van der Waals surface area contributed by atoms with E-state index in [0.29, 0.717) is 19.5 Å². The Kier molecular flexibility index (Phi) is 5.45. The number of aromatic amines is 1. The summed E-state index contributed by atoms with van der Waals surface area (Å²) < 4.78 is 0. The van der Waals surface area contributed by atoms with Crippen LogP contribution in [0.5, 0.6) is 0 Å². The number of piperidine rings is 1. The van der Waals surface area contributed by atoms with Crippen molar-refractivity contribution in [2.24, 2.45) is 5.92 Å². The van der Waals surface area contributed by atoms with E-state index in [1.807, 2.05) is 64.4 Å². The van der Waals surface area contributed by atoms with E-state index in [2.05, 4.69) is 4.98 Å². The van der Waals surface area contributed by atoms with E-state index >= 15 is 0 Å². The van der Waals surface area contributed by atoms with Crippen molar-refractivity contribution in [3.63, 3.8) is 0 Å². The topological polar surface area (TPSA) is 69.3 Å². The Balaban J connectivity index is 1.21. The molecule has 6 heteroatoms. The molecular weight excluding hydrogens is 388 g/mol. The zero-order chi connectivity index (χ0) is 21.2. The van der Waals surface area contributed by atoms with Gasteiger partial charge in [-0.25, -0.2) is 4.98 Å². The van der Waals surface area contributed by atoms with E-state index in [0.717, 1.165) is 54.6 Å². The fourth-order valence-corrected chi connectivity index (χ4v) is 4.94. The predicted octanol–water partition coefficient (Wildman–Crippen LogP) is 3.71. The summed E-state index contributed by atoms with van der Waals surface area (Å²) in [4.78, 5) is 38.1. The number of likely N-dealkylation sites (tertiary alicyclic amines) is 2. The van der Waals surface area contributed by atoms with E-state index < -0.39 is 0 Å². The number of para-hydroxylation sites is 2. The molecule has 6 nitrogen and oxygen atoms in total. The van der Waals surface area contributed by atoms with Crippen molar-refractivity contribution in [3.05, 3.63) is 66.0 Å². The van der Waals surface area contributed by atoms with Gasteiger partial charge in [-0.2, -0.15) is 0 Å². The zero-order valence-corrected chi connectivity index (χ0v) is 17.7. The summed E-state index contributed by atoms with van der Waals surface area (Å²) in [5.74, 6) is 1.25. The number of amides is 2. The summed E-state index contributed by atoms with van der Waals surface area (Å²) in [7, 11) is 0. The highest BCUT2D eigenvalue weighted by Crippen LogP contribution is 2.34. The van der Waals surface area contributed by atoms with E-state index in [1.165, 1.54) is 0 Å². The molecule has 160 valence electrons. The second kappa shape index (κ2) is 8.53. The molecule has 1 N–H and O–H groups in total. The molecule has 0 unspecified atom stereocenters. The van der Waals surface area contributed by atoms with Crippen LogP contribution < -0.4 is 0 Å². The molecule has 3 heterocycles.